The third-order valence-electron chi connectivity index (χ3n) is 3.72. The fraction of sp³-hybridized carbons (Fsp3) is 0.929. The van der Waals surface area contributed by atoms with E-state index in [1.54, 1.807) is 0 Å². The lowest BCUT2D eigenvalue weighted by Crippen LogP contribution is -2.53. The first-order valence-corrected chi connectivity index (χ1v) is 7.09. The lowest BCUT2D eigenvalue weighted by Gasteiger charge is -2.34. The number of nitrogens with zero attached hydrogens (tertiary/aromatic N) is 3. The van der Waals surface area contributed by atoms with Crippen LogP contribution in [0.1, 0.15) is 33.6 Å². The molecule has 0 saturated carbocycles. The zero-order valence-electron chi connectivity index (χ0n) is 12.4. The summed E-state index contributed by atoms with van der Waals surface area (Å²) in [4.78, 5) is 4.84. The molecule has 1 rings (SSSR count). The van der Waals surface area contributed by atoms with E-state index in [9.17, 15) is 5.26 Å². The molecule has 2 unspecified atom stereocenters. The van der Waals surface area contributed by atoms with Crippen LogP contribution in [0.15, 0.2) is 0 Å². The predicted molar refractivity (Wildman–Crippen MR) is 75.5 cm³/mol. The largest absolute Gasteiger partial charge is 0.305 e. The number of nitriles is 1. The lowest BCUT2D eigenvalue weighted by atomic mass is 10.0. The average Bonchev–Trinajstić information content (AvgIpc) is 2.49. The van der Waals surface area contributed by atoms with E-state index >= 15 is 0 Å². The van der Waals surface area contributed by atoms with Crippen LogP contribution >= 0.6 is 0 Å². The third-order valence-corrected chi connectivity index (χ3v) is 3.72. The molecule has 0 aliphatic carbocycles. The van der Waals surface area contributed by atoms with Gasteiger partial charge in [-0.25, -0.2) is 0 Å². The van der Waals surface area contributed by atoms with Gasteiger partial charge < -0.3 is 4.90 Å². The molecule has 1 aliphatic heterocycles. The summed E-state index contributed by atoms with van der Waals surface area (Å²) >= 11 is 0. The molecule has 4 nitrogen and oxygen atoms in total. The van der Waals surface area contributed by atoms with Crippen LogP contribution in [-0.4, -0.2) is 61.2 Å². The molecule has 0 aromatic heterocycles. The molecule has 0 radical (unpaired) electrons. The van der Waals surface area contributed by atoms with E-state index in [0.29, 0.717) is 6.04 Å². The van der Waals surface area contributed by atoms with Gasteiger partial charge in [0, 0.05) is 19.1 Å². The molecule has 4 heteroatoms. The van der Waals surface area contributed by atoms with E-state index < -0.39 is 5.54 Å². The Balaban J connectivity index is 2.60. The molecule has 1 N–H and O–H groups in total. The minimum Gasteiger partial charge on any atom is -0.305 e. The standard InChI is InChI=1S/C14H28N4/c1-5-7-16-14(3,11-15)12-18-9-6-8-17(4)10-13(18)2/h13,16H,5-10,12H2,1-4H3. The zero-order valence-corrected chi connectivity index (χ0v) is 12.4. The maximum Gasteiger partial charge on any atom is 0.116 e. The van der Waals surface area contributed by atoms with Crippen molar-refractivity contribution < 1.29 is 0 Å². The third kappa shape index (κ3) is 4.56. The second-order valence-electron chi connectivity index (χ2n) is 5.81. The number of nitrogens with one attached hydrogen (secondary N) is 1. The molecule has 1 aliphatic rings. The van der Waals surface area contributed by atoms with Gasteiger partial charge in [0.2, 0.25) is 0 Å². The molecule has 1 fully saturated rings. The van der Waals surface area contributed by atoms with E-state index in [1.165, 1.54) is 6.42 Å². The highest BCUT2D eigenvalue weighted by molar-refractivity contribution is 5.06. The van der Waals surface area contributed by atoms with E-state index in [1.807, 2.05) is 6.92 Å². The number of rotatable bonds is 5. The molecule has 1 heterocycles. The van der Waals surface area contributed by atoms with Crippen LogP contribution < -0.4 is 5.32 Å². The quantitative estimate of drug-likeness (QED) is 0.801. The molecular weight excluding hydrogens is 224 g/mol. The fourth-order valence-corrected chi connectivity index (χ4v) is 2.59. The molecule has 2 atom stereocenters. The van der Waals surface area contributed by atoms with Crippen molar-refractivity contribution >= 4 is 0 Å². The van der Waals surface area contributed by atoms with Gasteiger partial charge in [-0.2, -0.15) is 5.26 Å². The van der Waals surface area contributed by atoms with Gasteiger partial charge in [-0.05, 0) is 53.4 Å². The Morgan fingerprint density at radius 1 is 1.44 bits per heavy atom. The zero-order chi connectivity index (χ0) is 13.6. The topological polar surface area (TPSA) is 42.3 Å². The predicted octanol–water partition coefficient (Wildman–Crippen LogP) is 1.29. The highest BCUT2D eigenvalue weighted by Crippen LogP contribution is 2.13. The second-order valence-corrected chi connectivity index (χ2v) is 5.81. The van der Waals surface area contributed by atoms with Gasteiger partial charge in [-0.3, -0.25) is 10.2 Å². The Hall–Kier alpha value is -0.630. The van der Waals surface area contributed by atoms with Gasteiger partial charge in [-0.15, -0.1) is 0 Å². The minimum absolute atomic E-state index is 0.423. The minimum atomic E-state index is -0.423. The van der Waals surface area contributed by atoms with Gasteiger partial charge in [-0.1, -0.05) is 6.92 Å². The Morgan fingerprint density at radius 2 is 2.17 bits per heavy atom. The Kier molecular flexibility index (Phi) is 6.07. The Bertz CT molecular complexity index is 286. The number of likely N-dealkylation sites (N-methyl/N-ethyl adjacent to an activating group) is 1. The summed E-state index contributed by atoms with van der Waals surface area (Å²) in [6.45, 7) is 11.5. The summed E-state index contributed by atoms with van der Waals surface area (Å²) in [5.41, 5.74) is -0.423. The lowest BCUT2D eigenvalue weighted by molar-refractivity contribution is 0.168. The normalized spacial score (nSPS) is 26.3. The van der Waals surface area contributed by atoms with Crippen molar-refractivity contribution in [2.75, 3.05) is 39.8 Å². The van der Waals surface area contributed by atoms with E-state index in [4.69, 9.17) is 0 Å². The molecule has 0 amide bonds. The van der Waals surface area contributed by atoms with Gasteiger partial charge in [0.05, 0.1) is 6.07 Å². The summed E-state index contributed by atoms with van der Waals surface area (Å²) in [5.74, 6) is 0. The maximum atomic E-state index is 9.40. The first-order valence-electron chi connectivity index (χ1n) is 7.09. The summed E-state index contributed by atoms with van der Waals surface area (Å²) in [6, 6.07) is 2.97. The summed E-state index contributed by atoms with van der Waals surface area (Å²) in [6.07, 6.45) is 2.26. The van der Waals surface area contributed by atoms with Crippen LogP contribution in [0, 0.1) is 11.3 Å². The van der Waals surface area contributed by atoms with Crippen molar-refractivity contribution in [2.45, 2.75) is 45.2 Å². The highest BCUT2D eigenvalue weighted by Gasteiger charge is 2.29. The van der Waals surface area contributed by atoms with E-state index in [-0.39, 0.29) is 0 Å². The summed E-state index contributed by atoms with van der Waals surface area (Å²) in [7, 11) is 2.18. The molecular formula is C14H28N4. The van der Waals surface area contributed by atoms with Crippen molar-refractivity contribution in [3.8, 4) is 6.07 Å². The van der Waals surface area contributed by atoms with Gasteiger partial charge >= 0.3 is 0 Å². The smallest absolute Gasteiger partial charge is 0.116 e. The number of hydrogen-bond donors (Lipinski definition) is 1. The van der Waals surface area contributed by atoms with Crippen molar-refractivity contribution in [1.82, 2.24) is 15.1 Å². The molecule has 104 valence electrons. The molecule has 1 saturated heterocycles. The summed E-state index contributed by atoms with van der Waals surface area (Å²) < 4.78 is 0. The van der Waals surface area contributed by atoms with Crippen molar-refractivity contribution in [2.24, 2.45) is 0 Å². The Morgan fingerprint density at radius 3 is 2.78 bits per heavy atom. The summed E-state index contributed by atoms with van der Waals surface area (Å²) in [5, 5.41) is 12.8. The van der Waals surface area contributed by atoms with Crippen LogP contribution in [0.4, 0.5) is 0 Å². The van der Waals surface area contributed by atoms with E-state index in [0.717, 1.165) is 39.1 Å². The first kappa shape index (κ1) is 15.4. The van der Waals surface area contributed by atoms with Gasteiger partial charge in [0.15, 0.2) is 0 Å². The molecule has 0 aromatic carbocycles. The van der Waals surface area contributed by atoms with Crippen molar-refractivity contribution in [3.63, 3.8) is 0 Å². The SMILES string of the molecule is CCCNC(C)(C#N)CN1CCCN(C)CC1C. The number of hydrogen-bond acceptors (Lipinski definition) is 4. The first-order chi connectivity index (χ1) is 8.50. The highest BCUT2D eigenvalue weighted by atomic mass is 15.2. The maximum absolute atomic E-state index is 9.40. The van der Waals surface area contributed by atoms with Crippen LogP contribution in [-0.2, 0) is 0 Å². The van der Waals surface area contributed by atoms with Gasteiger partial charge in [0.1, 0.15) is 5.54 Å². The molecule has 18 heavy (non-hydrogen) atoms. The van der Waals surface area contributed by atoms with Crippen LogP contribution in [0.3, 0.4) is 0 Å². The molecule has 0 aromatic rings. The van der Waals surface area contributed by atoms with Crippen LogP contribution in [0.5, 0.6) is 0 Å². The Labute approximate surface area is 112 Å². The van der Waals surface area contributed by atoms with Gasteiger partial charge in [0.25, 0.3) is 0 Å². The fourth-order valence-electron chi connectivity index (χ4n) is 2.59. The van der Waals surface area contributed by atoms with E-state index in [2.05, 4.69) is 42.1 Å². The average molecular weight is 252 g/mol. The van der Waals surface area contributed by atoms with Crippen LogP contribution in [0.2, 0.25) is 0 Å². The van der Waals surface area contributed by atoms with Crippen molar-refractivity contribution in [3.05, 3.63) is 0 Å². The second kappa shape index (κ2) is 7.08. The monoisotopic (exact) mass is 252 g/mol. The molecule has 0 bridgehead atoms. The van der Waals surface area contributed by atoms with Crippen LogP contribution in [0.25, 0.3) is 0 Å². The molecule has 0 spiro atoms. The van der Waals surface area contributed by atoms with Crippen molar-refractivity contribution in [1.29, 1.82) is 5.26 Å².